The molecule has 2 N–H and O–H groups in total. The molecule has 2 aliphatic rings. The van der Waals surface area contributed by atoms with Crippen molar-refractivity contribution in [3.63, 3.8) is 0 Å². The molecule has 0 aliphatic carbocycles. The minimum atomic E-state index is -0.671. The second-order valence-electron chi connectivity index (χ2n) is 5.07. The maximum atomic E-state index is 12.3. The number of carbonyl (C=O) groups excluding carboxylic acids is 2. The van der Waals surface area contributed by atoms with Gasteiger partial charge in [-0.1, -0.05) is 0 Å². The smallest absolute Gasteiger partial charge is 0.292 e. The van der Waals surface area contributed by atoms with E-state index in [2.05, 4.69) is 0 Å². The quantitative estimate of drug-likeness (QED) is 0.383. The second-order valence-corrected chi connectivity index (χ2v) is 5.07. The Kier molecular flexibility index (Phi) is 3.09. The highest BCUT2D eigenvalue weighted by Crippen LogP contribution is 2.32. The summed E-state index contributed by atoms with van der Waals surface area (Å²) in [6.07, 6.45) is 1.52. The molecule has 1 atom stereocenters. The molecule has 0 aromatic heterocycles. The van der Waals surface area contributed by atoms with Crippen LogP contribution in [-0.2, 0) is 4.74 Å². The molecule has 2 aliphatic heterocycles. The van der Waals surface area contributed by atoms with Gasteiger partial charge in [0.1, 0.15) is 5.69 Å². The van der Waals surface area contributed by atoms with E-state index in [9.17, 15) is 19.7 Å². The van der Waals surface area contributed by atoms with Gasteiger partial charge in [-0.3, -0.25) is 24.6 Å². The molecule has 0 saturated carbocycles. The lowest BCUT2D eigenvalue weighted by Crippen LogP contribution is -2.36. The Labute approximate surface area is 119 Å². The molecule has 1 saturated heterocycles. The fraction of sp³-hybridized carbons (Fsp3) is 0.385. The number of ether oxygens (including phenoxy) is 1. The Morgan fingerprint density at radius 2 is 2.00 bits per heavy atom. The molecule has 0 unspecified atom stereocenters. The van der Waals surface area contributed by atoms with Crippen LogP contribution < -0.4 is 5.73 Å². The fourth-order valence-electron chi connectivity index (χ4n) is 2.66. The standard InChI is InChI=1S/C13H13N3O5/c14-10-4-8-9(5-11(10)16(19)20)13(18)15(12(8)17)6-7-2-1-3-21-7/h4-5,7H,1-3,6,14H2/t7-/m0/s1. The maximum absolute atomic E-state index is 12.3. The first-order valence-corrected chi connectivity index (χ1v) is 6.54. The summed E-state index contributed by atoms with van der Waals surface area (Å²) in [4.78, 5) is 35.8. The van der Waals surface area contributed by atoms with Gasteiger partial charge in [-0.25, -0.2) is 0 Å². The Morgan fingerprint density at radius 3 is 2.57 bits per heavy atom. The van der Waals surface area contributed by atoms with E-state index in [0.717, 1.165) is 23.8 Å². The van der Waals surface area contributed by atoms with E-state index in [4.69, 9.17) is 10.5 Å². The number of nitrogens with zero attached hydrogens (tertiary/aromatic N) is 2. The van der Waals surface area contributed by atoms with Gasteiger partial charge in [-0.15, -0.1) is 0 Å². The van der Waals surface area contributed by atoms with E-state index in [0.29, 0.717) is 6.61 Å². The Balaban J connectivity index is 1.94. The van der Waals surface area contributed by atoms with Crippen LogP contribution in [0.4, 0.5) is 11.4 Å². The maximum Gasteiger partial charge on any atom is 0.292 e. The number of anilines is 1. The van der Waals surface area contributed by atoms with E-state index in [1.54, 1.807) is 0 Å². The van der Waals surface area contributed by atoms with Crippen molar-refractivity contribution in [1.82, 2.24) is 4.90 Å². The predicted molar refractivity (Wildman–Crippen MR) is 71.8 cm³/mol. The molecular weight excluding hydrogens is 278 g/mol. The average molecular weight is 291 g/mol. The van der Waals surface area contributed by atoms with Crippen LogP contribution in [0.15, 0.2) is 12.1 Å². The number of benzene rings is 1. The van der Waals surface area contributed by atoms with Crippen molar-refractivity contribution in [3.05, 3.63) is 33.4 Å². The first-order valence-electron chi connectivity index (χ1n) is 6.54. The number of hydrogen-bond donors (Lipinski definition) is 1. The molecule has 3 rings (SSSR count). The highest BCUT2D eigenvalue weighted by atomic mass is 16.6. The van der Waals surface area contributed by atoms with E-state index < -0.39 is 16.7 Å². The van der Waals surface area contributed by atoms with Crippen molar-refractivity contribution >= 4 is 23.2 Å². The number of nitrogen functional groups attached to an aromatic ring is 1. The van der Waals surface area contributed by atoms with Gasteiger partial charge in [0.15, 0.2) is 0 Å². The SMILES string of the molecule is Nc1cc2c(cc1[N+](=O)[O-])C(=O)N(C[C@@H]1CCCO1)C2=O. The van der Waals surface area contributed by atoms with Gasteiger partial charge in [0.05, 0.1) is 28.7 Å². The van der Waals surface area contributed by atoms with Gasteiger partial charge in [0, 0.05) is 12.7 Å². The lowest BCUT2D eigenvalue weighted by Gasteiger charge is -2.17. The van der Waals surface area contributed by atoms with Crippen LogP contribution in [-0.4, -0.2) is 40.9 Å². The van der Waals surface area contributed by atoms with Crippen LogP contribution >= 0.6 is 0 Å². The summed E-state index contributed by atoms with van der Waals surface area (Å²) in [5, 5.41) is 10.9. The van der Waals surface area contributed by atoms with E-state index in [-0.39, 0.29) is 35.2 Å². The van der Waals surface area contributed by atoms with Gasteiger partial charge < -0.3 is 10.5 Å². The number of imide groups is 1. The number of carbonyl (C=O) groups is 2. The number of nitro groups is 1. The molecule has 0 radical (unpaired) electrons. The van der Waals surface area contributed by atoms with Gasteiger partial charge in [-0.2, -0.15) is 0 Å². The minimum absolute atomic E-state index is 0.0268. The summed E-state index contributed by atoms with van der Waals surface area (Å²) in [6, 6.07) is 2.27. The summed E-state index contributed by atoms with van der Waals surface area (Å²) in [7, 11) is 0. The van der Waals surface area contributed by atoms with Crippen LogP contribution in [0.5, 0.6) is 0 Å². The zero-order valence-corrected chi connectivity index (χ0v) is 11.1. The average Bonchev–Trinajstić information content (AvgIpc) is 3.02. The van der Waals surface area contributed by atoms with Crippen LogP contribution in [0.3, 0.4) is 0 Å². The fourth-order valence-corrected chi connectivity index (χ4v) is 2.66. The number of hydrogen-bond acceptors (Lipinski definition) is 6. The number of amides is 2. The lowest BCUT2D eigenvalue weighted by molar-refractivity contribution is -0.383. The van der Waals surface area contributed by atoms with E-state index >= 15 is 0 Å². The van der Waals surface area contributed by atoms with Crippen molar-refractivity contribution in [3.8, 4) is 0 Å². The van der Waals surface area contributed by atoms with Crippen LogP contribution in [0, 0.1) is 10.1 Å². The number of rotatable bonds is 3. The Bertz CT molecular complexity index is 651. The third-order valence-corrected chi connectivity index (χ3v) is 3.72. The van der Waals surface area contributed by atoms with Crippen molar-refractivity contribution in [2.75, 3.05) is 18.9 Å². The first-order chi connectivity index (χ1) is 9.99. The molecule has 21 heavy (non-hydrogen) atoms. The summed E-state index contributed by atoms with van der Waals surface area (Å²) in [6.45, 7) is 0.784. The summed E-state index contributed by atoms with van der Waals surface area (Å²) in [5.74, 6) is -1.01. The molecule has 2 heterocycles. The molecule has 0 spiro atoms. The molecule has 110 valence electrons. The molecule has 0 bridgehead atoms. The van der Waals surface area contributed by atoms with Gasteiger partial charge in [0.2, 0.25) is 0 Å². The monoisotopic (exact) mass is 291 g/mol. The van der Waals surface area contributed by atoms with Crippen molar-refractivity contribution in [2.45, 2.75) is 18.9 Å². The van der Waals surface area contributed by atoms with E-state index in [1.807, 2.05) is 0 Å². The number of fused-ring (bicyclic) bond motifs is 1. The van der Waals surface area contributed by atoms with Crippen LogP contribution in [0.2, 0.25) is 0 Å². The largest absolute Gasteiger partial charge is 0.393 e. The molecule has 8 nitrogen and oxygen atoms in total. The molecule has 8 heteroatoms. The zero-order chi connectivity index (χ0) is 15.1. The lowest BCUT2D eigenvalue weighted by atomic mass is 10.1. The molecule has 1 fully saturated rings. The molecule has 2 amide bonds. The number of nitrogens with two attached hydrogens (primary N) is 1. The Hall–Kier alpha value is -2.48. The Morgan fingerprint density at radius 1 is 1.33 bits per heavy atom. The molecule has 1 aromatic rings. The second kappa shape index (κ2) is 4.81. The highest BCUT2D eigenvalue weighted by Gasteiger charge is 2.39. The zero-order valence-electron chi connectivity index (χ0n) is 11.1. The van der Waals surface area contributed by atoms with Crippen molar-refractivity contribution in [2.24, 2.45) is 0 Å². The molecule has 1 aromatic carbocycles. The van der Waals surface area contributed by atoms with Crippen molar-refractivity contribution < 1.29 is 19.2 Å². The highest BCUT2D eigenvalue weighted by molar-refractivity contribution is 6.22. The summed E-state index contributed by atoms with van der Waals surface area (Å²) in [5.41, 5.74) is 5.21. The van der Waals surface area contributed by atoms with E-state index in [1.165, 1.54) is 6.07 Å². The summed E-state index contributed by atoms with van der Waals surface area (Å²) >= 11 is 0. The minimum Gasteiger partial charge on any atom is -0.393 e. The summed E-state index contributed by atoms with van der Waals surface area (Å²) < 4.78 is 5.42. The third kappa shape index (κ3) is 2.13. The van der Waals surface area contributed by atoms with Gasteiger partial charge >= 0.3 is 0 Å². The topological polar surface area (TPSA) is 116 Å². The van der Waals surface area contributed by atoms with Gasteiger partial charge in [0.25, 0.3) is 17.5 Å². The predicted octanol–water partition coefficient (Wildman–Crippen LogP) is 0.952. The third-order valence-electron chi connectivity index (χ3n) is 3.72. The number of nitro benzene ring substituents is 1. The van der Waals surface area contributed by atoms with Crippen LogP contribution in [0.1, 0.15) is 33.6 Å². The normalized spacial score (nSPS) is 21.0. The molecular formula is C13H13N3O5. The first kappa shape index (κ1) is 13.5. The van der Waals surface area contributed by atoms with Gasteiger partial charge in [-0.05, 0) is 18.9 Å². The van der Waals surface area contributed by atoms with Crippen LogP contribution in [0.25, 0.3) is 0 Å². The van der Waals surface area contributed by atoms with Crippen molar-refractivity contribution in [1.29, 1.82) is 0 Å².